The number of amides is 1. The third-order valence-corrected chi connectivity index (χ3v) is 4.36. The summed E-state index contributed by atoms with van der Waals surface area (Å²) >= 11 is 3.43. The summed E-state index contributed by atoms with van der Waals surface area (Å²) in [7, 11) is 0. The number of ether oxygens (including phenoxy) is 1. The fraction of sp³-hybridized carbons (Fsp3) is 0.588. The Morgan fingerprint density at radius 3 is 2.26 bits per heavy atom. The maximum atomic E-state index is 12.1. The number of aliphatic hydroxyl groups excluding tert-OH is 1. The molecule has 1 aromatic rings. The topological polar surface area (TPSA) is 53.0 Å². The SMILES string of the molecule is CC(C)(C)OC(=O)N1CCN(C(CO)c2ccc(Br)cc2)CC1. The Hall–Kier alpha value is -1.11. The van der Waals surface area contributed by atoms with E-state index in [2.05, 4.69) is 20.8 Å². The van der Waals surface area contributed by atoms with Crippen LogP contribution in [0.25, 0.3) is 0 Å². The highest BCUT2D eigenvalue weighted by Crippen LogP contribution is 2.24. The molecule has 5 nitrogen and oxygen atoms in total. The summed E-state index contributed by atoms with van der Waals surface area (Å²) in [5.41, 5.74) is 0.612. The van der Waals surface area contributed by atoms with Crippen molar-refractivity contribution in [2.75, 3.05) is 32.8 Å². The summed E-state index contributed by atoms with van der Waals surface area (Å²) < 4.78 is 6.43. The van der Waals surface area contributed by atoms with Crippen molar-refractivity contribution >= 4 is 22.0 Å². The number of benzene rings is 1. The average Bonchev–Trinajstić information content (AvgIpc) is 2.49. The molecule has 0 radical (unpaired) electrons. The molecule has 1 atom stereocenters. The smallest absolute Gasteiger partial charge is 0.410 e. The number of nitrogens with zero attached hydrogens (tertiary/aromatic N) is 2. The minimum atomic E-state index is -0.473. The monoisotopic (exact) mass is 384 g/mol. The highest BCUT2D eigenvalue weighted by Gasteiger charge is 2.29. The van der Waals surface area contributed by atoms with Gasteiger partial charge in [0.25, 0.3) is 0 Å². The van der Waals surface area contributed by atoms with Crippen molar-refractivity contribution in [1.82, 2.24) is 9.80 Å². The molecular formula is C17H25BrN2O3. The van der Waals surface area contributed by atoms with Gasteiger partial charge in [0.1, 0.15) is 5.60 Å². The van der Waals surface area contributed by atoms with Crippen molar-refractivity contribution in [3.05, 3.63) is 34.3 Å². The number of hydrogen-bond acceptors (Lipinski definition) is 4. The number of piperazine rings is 1. The van der Waals surface area contributed by atoms with Crippen LogP contribution in [0, 0.1) is 0 Å². The van der Waals surface area contributed by atoms with Crippen molar-refractivity contribution in [2.45, 2.75) is 32.4 Å². The Morgan fingerprint density at radius 1 is 1.22 bits per heavy atom. The van der Waals surface area contributed by atoms with Crippen molar-refractivity contribution in [3.63, 3.8) is 0 Å². The normalized spacial score (nSPS) is 17.9. The van der Waals surface area contributed by atoms with Gasteiger partial charge in [-0.25, -0.2) is 4.79 Å². The fourth-order valence-electron chi connectivity index (χ4n) is 2.66. The fourth-order valence-corrected chi connectivity index (χ4v) is 2.92. The number of carbonyl (C=O) groups is 1. The summed E-state index contributed by atoms with van der Waals surface area (Å²) in [5.74, 6) is 0. The van der Waals surface area contributed by atoms with Crippen molar-refractivity contribution in [3.8, 4) is 0 Å². The predicted octanol–water partition coefficient (Wildman–Crippen LogP) is 3.04. The van der Waals surface area contributed by atoms with Crippen LogP contribution in [0.5, 0.6) is 0 Å². The zero-order chi connectivity index (χ0) is 17.0. The first kappa shape index (κ1) is 18.2. The van der Waals surface area contributed by atoms with Gasteiger partial charge in [0, 0.05) is 30.7 Å². The molecule has 1 N–H and O–H groups in total. The van der Waals surface area contributed by atoms with E-state index in [0.717, 1.165) is 23.1 Å². The molecule has 0 bridgehead atoms. The van der Waals surface area contributed by atoms with Gasteiger partial charge in [-0.05, 0) is 38.5 Å². The zero-order valence-corrected chi connectivity index (χ0v) is 15.5. The van der Waals surface area contributed by atoms with E-state index >= 15 is 0 Å². The van der Waals surface area contributed by atoms with Gasteiger partial charge in [-0.1, -0.05) is 28.1 Å². The lowest BCUT2D eigenvalue weighted by atomic mass is 10.1. The van der Waals surface area contributed by atoms with Gasteiger partial charge in [0.2, 0.25) is 0 Å². The first-order valence-electron chi connectivity index (χ1n) is 7.88. The van der Waals surface area contributed by atoms with Crippen molar-refractivity contribution < 1.29 is 14.6 Å². The van der Waals surface area contributed by atoms with Crippen LogP contribution in [-0.2, 0) is 4.74 Å². The number of carbonyl (C=O) groups excluding carboxylic acids is 1. The van der Waals surface area contributed by atoms with Crippen molar-refractivity contribution in [1.29, 1.82) is 0 Å². The van der Waals surface area contributed by atoms with Gasteiger partial charge >= 0.3 is 6.09 Å². The first-order chi connectivity index (χ1) is 10.8. The predicted molar refractivity (Wildman–Crippen MR) is 93.3 cm³/mol. The van der Waals surface area contributed by atoms with Gasteiger partial charge in [-0.15, -0.1) is 0 Å². The quantitative estimate of drug-likeness (QED) is 0.869. The number of halogens is 1. The molecule has 2 rings (SSSR count). The summed E-state index contributed by atoms with van der Waals surface area (Å²) in [4.78, 5) is 16.0. The second-order valence-electron chi connectivity index (χ2n) is 6.75. The third-order valence-electron chi connectivity index (χ3n) is 3.83. The minimum absolute atomic E-state index is 0.0381. The van der Waals surface area contributed by atoms with Crippen LogP contribution in [0.4, 0.5) is 4.79 Å². The molecule has 128 valence electrons. The molecule has 0 saturated carbocycles. The average molecular weight is 385 g/mol. The summed E-state index contributed by atoms with van der Waals surface area (Å²) in [6, 6.07) is 7.96. The van der Waals surface area contributed by atoms with Crippen LogP contribution < -0.4 is 0 Å². The van der Waals surface area contributed by atoms with E-state index in [1.54, 1.807) is 4.90 Å². The van der Waals surface area contributed by atoms with Gasteiger partial charge < -0.3 is 14.7 Å². The van der Waals surface area contributed by atoms with Crippen molar-refractivity contribution in [2.24, 2.45) is 0 Å². The highest BCUT2D eigenvalue weighted by atomic mass is 79.9. The van der Waals surface area contributed by atoms with Gasteiger partial charge in [0.05, 0.1) is 12.6 Å². The molecule has 6 heteroatoms. The molecule has 1 aromatic carbocycles. The molecule has 1 unspecified atom stereocenters. The van der Waals surface area contributed by atoms with Crippen LogP contribution in [0.2, 0.25) is 0 Å². The standard InChI is InChI=1S/C17H25BrN2O3/c1-17(2,3)23-16(22)20-10-8-19(9-11-20)15(12-21)13-4-6-14(18)7-5-13/h4-7,15,21H,8-12H2,1-3H3. The summed E-state index contributed by atoms with van der Waals surface area (Å²) in [5, 5.41) is 9.77. The van der Waals surface area contributed by atoms with Crippen LogP contribution >= 0.6 is 15.9 Å². The van der Waals surface area contributed by atoms with E-state index < -0.39 is 5.60 Å². The lowest BCUT2D eigenvalue weighted by Gasteiger charge is -2.39. The summed E-state index contributed by atoms with van der Waals surface area (Å²) in [6.07, 6.45) is -0.263. The van der Waals surface area contributed by atoms with E-state index in [4.69, 9.17) is 4.74 Å². The second kappa shape index (κ2) is 7.64. The van der Waals surface area contributed by atoms with E-state index in [1.807, 2.05) is 45.0 Å². The Morgan fingerprint density at radius 2 is 1.78 bits per heavy atom. The number of aliphatic hydroxyl groups is 1. The molecule has 1 heterocycles. The molecule has 1 aliphatic heterocycles. The third kappa shape index (κ3) is 5.19. The molecule has 0 aromatic heterocycles. The Balaban J connectivity index is 1.94. The maximum absolute atomic E-state index is 12.1. The molecule has 0 aliphatic carbocycles. The van der Waals surface area contributed by atoms with Crippen LogP contribution in [0.3, 0.4) is 0 Å². The molecule has 0 spiro atoms. The lowest BCUT2D eigenvalue weighted by molar-refractivity contribution is 0.00658. The zero-order valence-electron chi connectivity index (χ0n) is 14.0. The van der Waals surface area contributed by atoms with Gasteiger partial charge in [-0.2, -0.15) is 0 Å². The first-order valence-corrected chi connectivity index (χ1v) is 8.68. The summed E-state index contributed by atoms with van der Waals surface area (Å²) in [6.45, 7) is 8.35. The Bertz CT molecular complexity index is 520. The van der Waals surface area contributed by atoms with E-state index in [9.17, 15) is 9.90 Å². The van der Waals surface area contributed by atoms with E-state index in [1.165, 1.54) is 0 Å². The largest absolute Gasteiger partial charge is 0.444 e. The second-order valence-corrected chi connectivity index (χ2v) is 7.67. The Kier molecular flexibility index (Phi) is 6.06. The van der Waals surface area contributed by atoms with Crippen LogP contribution in [0.1, 0.15) is 32.4 Å². The van der Waals surface area contributed by atoms with Crippen LogP contribution in [0.15, 0.2) is 28.7 Å². The number of hydrogen-bond donors (Lipinski definition) is 1. The van der Waals surface area contributed by atoms with Gasteiger partial charge in [0.15, 0.2) is 0 Å². The molecule has 1 amide bonds. The number of rotatable bonds is 3. The Labute approximate surface area is 146 Å². The van der Waals surface area contributed by atoms with Crippen LogP contribution in [-0.4, -0.2) is 59.4 Å². The van der Waals surface area contributed by atoms with E-state index in [-0.39, 0.29) is 18.7 Å². The molecule has 1 saturated heterocycles. The lowest BCUT2D eigenvalue weighted by Crippen LogP contribution is -2.51. The molecular weight excluding hydrogens is 360 g/mol. The maximum Gasteiger partial charge on any atom is 0.410 e. The van der Waals surface area contributed by atoms with Gasteiger partial charge in [-0.3, -0.25) is 4.90 Å². The minimum Gasteiger partial charge on any atom is -0.444 e. The molecule has 1 aliphatic rings. The molecule has 23 heavy (non-hydrogen) atoms. The highest BCUT2D eigenvalue weighted by molar-refractivity contribution is 9.10. The molecule has 1 fully saturated rings. The van der Waals surface area contributed by atoms with E-state index in [0.29, 0.717) is 13.1 Å².